The molecule has 0 bridgehead atoms. The van der Waals surface area contributed by atoms with Gasteiger partial charge in [0.15, 0.2) is 0 Å². The number of aromatic nitrogens is 2. The van der Waals surface area contributed by atoms with Crippen LogP contribution in [0.3, 0.4) is 0 Å². The maximum Gasteiger partial charge on any atom is 0.267 e. The molecule has 0 radical (unpaired) electrons. The molecule has 0 atom stereocenters. The lowest BCUT2D eigenvalue weighted by Crippen LogP contribution is -2.29. The van der Waals surface area contributed by atoms with Crippen LogP contribution in [0.5, 0.6) is 5.75 Å². The van der Waals surface area contributed by atoms with Gasteiger partial charge in [0.1, 0.15) is 12.3 Å². The number of methoxy groups -OCH3 is 1. The standard InChI is InChI=1S/C19H15Cl2N3O3/c1-27-13-7-5-12(6-8-13)15-9-10-18(26)24(23-15)11-17(25)22-16-4-2-3-14(20)19(16)21/h2-10H,11H2,1H3,(H,22,25). The Morgan fingerprint density at radius 3 is 2.56 bits per heavy atom. The average Bonchev–Trinajstić information content (AvgIpc) is 2.67. The quantitative estimate of drug-likeness (QED) is 0.701. The smallest absolute Gasteiger partial charge is 0.267 e. The van der Waals surface area contributed by atoms with Gasteiger partial charge in [-0.15, -0.1) is 0 Å². The first-order chi connectivity index (χ1) is 13.0. The monoisotopic (exact) mass is 403 g/mol. The largest absolute Gasteiger partial charge is 0.497 e. The van der Waals surface area contributed by atoms with Gasteiger partial charge in [-0.3, -0.25) is 9.59 Å². The van der Waals surface area contributed by atoms with E-state index in [1.165, 1.54) is 6.07 Å². The SMILES string of the molecule is COc1ccc(-c2ccc(=O)n(CC(=O)Nc3cccc(Cl)c3Cl)n2)cc1. The summed E-state index contributed by atoms with van der Waals surface area (Å²) in [5, 5.41) is 7.45. The molecule has 1 N–H and O–H groups in total. The summed E-state index contributed by atoms with van der Waals surface area (Å²) >= 11 is 12.0. The summed E-state index contributed by atoms with van der Waals surface area (Å²) < 4.78 is 6.22. The van der Waals surface area contributed by atoms with Crippen molar-refractivity contribution < 1.29 is 9.53 Å². The number of halogens is 2. The van der Waals surface area contributed by atoms with Gasteiger partial charge in [-0.05, 0) is 42.5 Å². The highest BCUT2D eigenvalue weighted by Crippen LogP contribution is 2.29. The van der Waals surface area contributed by atoms with E-state index in [1.807, 2.05) is 12.1 Å². The Morgan fingerprint density at radius 2 is 1.85 bits per heavy atom. The van der Waals surface area contributed by atoms with Crippen LogP contribution in [-0.2, 0) is 11.3 Å². The fourth-order valence-electron chi connectivity index (χ4n) is 2.40. The maximum atomic E-state index is 12.3. The molecule has 8 heteroatoms. The highest BCUT2D eigenvalue weighted by atomic mass is 35.5. The minimum atomic E-state index is -0.444. The van der Waals surface area contributed by atoms with Gasteiger partial charge in [0.25, 0.3) is 5.56 Å². The lowest BCUT2D eigenvalue weighted by Gasteiger charge is -2.10. The van der Waals surface area contributed by atoms with E-state index in [0.29, 0.717) is 22.2 Å². The molecule has 6 nitrogen and oxygen atoms in total. The van der Waals surface area contributed by atoms with Gasteiger partial charge in [-0.25, -0.2) is 4.68 Å². The second-order valence-electron chi connectivity index (χ2n) is 5.59. The van der Waals surface area contributed by atoms with E-state index in [4.69, 9.17) is 27.9 Å². The Hall–Kier alpha value is -2.83. The first kappa shape index (κ1) is 18.9. The van der Waals surface area contributed by atoms with Crippen molar-refractivity contribution in [2.45, 2.75) is 6.54 Å². The van der Waals surface area contributed by atoms with Gasteiger partial charge < -0.3 is 10.1 Å². The molecular formula is C19H15Cl2N3O3. The number of nitrogens with zero attached hydrogens (tertiary/aromatic N) is 2. The van der Waals surface area contributed by atoms with Crippen LogP contribution in [0.2, 0.25) is 10.0 Å². The van der Waals surface area contributed by atoms with Gasteiger partial charge in [0.05, 0.1) is 28.5 Å². The fourth-order valence-corrected chi connectivity index (χ4v) is 2.75. The van der Waals surface area contributed by atoms with Crippen molar-refractivity contribution in [3.8, 4) is 17.0 Å². The van der Waals surface area contributed by atoms with E-state index >= 15 is 0 Å². The summed E-state index contributed by atoms with van der Waals surface area (Å²) in [5.41, 5.74) is 1.34. The zero-order valence-corrected chi connectivity index (χ0v) is 15.8. The van der Waals surface area contributed by atoms with Gasteiger partial charge in [-0.2, -0.15) is 5.10 Å². The number of hydrogen-bond acceptors (Lipinski definition) is 4. The van der Waals surface area contributed by atoms with Crippen LogP contribution in [0.1, 0.15) is 0 Å². The molecule has 0 aliphatic rings. The topological polar surface area (TPSA) is 73.2 Å². The lowest BCUT2D eigenvalue weighted by molar-refractivity contribution is -0.117. The minimum absolute atomic E-state index is 0.236. The van der Waals surface area contributed by atoms with Crippen LogP contribution < -0.4 is 15.6 Å². The Labute approximate surface area is 165 Å². The summed E-state index contributed by atoms with van der Waals surface area (Å²) in [6, 6.07) is 15.1. The van der Waals surface area contributed by atoms with E-state index in [-0.39, 0.29) is 17.1 Å². The third-order valence-electron chi connectivity index (χ3n) is 3.77. The molecule has 0 unspecified atom stereocenters. The molecule has 2 aromatic carbocycles. The highest BCUT2D eigenvalue weighted by Gasteiger charge is 2.11. The van der Waals surface area contributed by atoms with Crippen LogP contribution in [0.4, 0.5) is 5.69 Å². The number of benzene rings is 2. The van der Waals surface area contributed by atoms with Gasteiger partial charge in [0, 0.05) is 11.6 Å². The normalized spacial score (nSPS) is 10.5. The molecule has 27 heavy (non-hydrogen) atoms. The maximum absolute atomic E-state index is 12.3. The number of hydrogen-bond donors (Lipinski definition) is 1. The average molecular weight is 404 g/mol. The number of rotatable bonds is 5. The Kier molecular flexibility index (Phi) is 5.78. The number of ether oxygens (including phenoxy) is 1. The second-order valence-corrected chi connectivity index (χ2v) is 6.38. The number of carbonyl (C=O) groups excluding carboxylic acids is 1. The molecule has 3 rings (SSSR count). The van der Waals surface area contributed by atoms with E-state index in [0.717, 1.165) is 10.2 Å². The van der Waals surface area contributed by atoms with Crippen LogP contribution in [0.15, 0.2) is 59.4 Å². The van der Waals surface area contributed by atoms with E-state index in [9.17, 15) is 9.59 Å². The lowest BCUT2D eigenvalue weighted by atomic mass is 10.1. The van der Waals surface area contributed by atoms with E-state index in [2.05, 4.69) is 10.4 Å². The second kappa shape index (κ2) is 8.24. The molecule has 1 heterocycles. The van der Waals surface area contributed by atoms with Crippen molar-refractivity contribution in [1.82, 2.24) is 9.78 Å². The molecule has 0 aliphatic heterocycles. The summed E-state index contributed by atoms with van der Waals surface area (Å²) in [6.07, 6.45) is 0. The summed E-state index contributed by atoms with van der Waals surface area (Å²) in [6.45, 7) is -0.258. The summed E-state index contributed by atoms with van der Waals surface area (Å²) in [4.78, 5) is 24.4. The molecule has 0 aliphatic carbocycles. The summed E-state index contributed by atoms with van der Waals surface area (Å²) in [7, 11) is 1.58. The Balaban J connectivity index is 1.80. The number of amides is 1. The molecule has 0 fully saturated rings. The molecular weight excluding hydrogens is 389 g/mol. The molecule has 3 aromatic rings. The van der Waals surface area contributed by atoms with Gasteiger partial charge in [-0.1, -0.05) is 29.3 Å². The molecule has 0 spiro atoms. The van der Waals surface area contributed by atoms with Crippen LogP contribution >= 0.6 is 23.2 Å². The predicted molar refractivity (Wildman–Crippen MR) is 106 cm³/mol. The number of anilines is 1. The first-order valence-electron chi connectivity index (χ1n) is 7.94. The van der Waals surface area contributed by atoms with Crippen LogP contribution in [0, 0.1) is 0 Å². The zero-order valence-electron chi connectivity index (χ0n) is 14.3. The van der Waals surface area contributed by atoms with Crippen molar-refractivity contribution in [1.29, 1.82) is 0 Å². The molecule has 1 amide bonds. The van der Waals surface area contributed by atoms with Crippen molar-refractivity contribution in [2.75, 3.05) is 12.4 Å². The molecule has 0 saturated heterocycles. The van der Waals surface area contributed by atoms with Crippen molar-refractivity contribution >= 4 is 34.8 Å². The first-order valence-corrected chi connectivity index (χ1v) is 8.70. The zero-order chi connectivity index (χ0) is 19.4. The van der Waals surface area contributed by atoms with Crippen LogP contribution in [0.25, 0.3) is 11.3 Å². The minimum Gasteiger partial charge on any atom is -0.497 e. The predicted octanol–water partition coefficient (Wildman–Crippen LogP) is 3.86. The number of nitrogens with one attached hydrogen (secondary N) is 1. The summed E-state index contributed by atoms with van der Waals surface area (Å²) in [5.74, 6) is 0.269. The molecule has 138 valence electrons. The molecule has 1 aromatic heterocycles. The molecule has 0 saturated carbocycles. The highest BCUT2D eigenvalue weighted by molar-refractivity contribution is 6.43. The van der Waals surface area contributed by atoms with Gasteiger partial charge in [0.2, 0.25) is 5.91 Å². The van der Waals surface area contributed by atoms with Crippen molar-refractivity contribution in [3.63, 3.8) is 0 Å². The third kappa shape index (κ3) is 4.48. The Bertz CT molecular complexity index is 1030. The van der Waals surface area contributed by atoms with E-state index < -0.39 is 5.91 Å². The van der Waals surface area contributed by atoms with Crippen molar-refractivity contribution in [3.05, 3.63) is 75.0 Å². The number of carbonyl (C=O) groups is 1. The Morgan fingerprint density at radius 1 is 1.11 bits per heavy atom. The third-order valence-corrected chi connectivity index (χ3v) is 4.59. The van der Waals surface area contributed by atoms with Gasteiger partial charge >= 0.3 is 0 Å². The van der Waals surface area contributed by atoms with E-state index in [1.54, 1.807) is 43.5 Å². The van der Waals surface area contributed by atoms with Crippen LogP contribution in [-0.4, -0.2) is 22.8 Å². The fraction of sp³-hybridized carbons (Fsp3) is 0.105. The van der Waals surface area contributed by atoms with Crippen molar-refractivity contribution in [2.24, 2.45) is 0 Å².